The molecule has 0 heterocycles. The number of hydrogen-bond acceptors (Lipinski definition) is 4. The summed E-state index contributed by atoms with van der Waals surface area (Å²) in [5, 5.41) is 21.1. The van der Waals surface area contributed by atoms with E-state index in [4.69, 9.17) is 4.74 Å². The lowest BCUT2D eigenvalue weighted by Gasteiger charge is -2.17. The van der Waals surface area contributed by atoms with Crippen molar-refractivity contribution < 1.29 is 14.8 Å². The maximum Gasteiger partial charge on any atom is 0.311 e. The average Bonchev–Trinajstić information content (AvgIpc) is 2.98. The summed E-state index contributed by atoms with van der Waals surface area (Å²) in [6.07, 6.45) is 5.63. The zero-order chi connectivity index (χ0) is 14.5. The highest BCUT2D eigenvalue weighted by molar-refractivity contribution is 5.48. The van der Waals surface area contributed by atoms with Crippen molar-refractivity contribution in [1.82, 2.24) is 0 Å². The van der Waals surface area contributed by atoms with Gasteiger partial charge in [-0.05, 0) is 43.2 Å². The fourth-order valence-electron chi connectivity index (χ4n) is 2.93. The van der Waals surface area contributed by atoms with Crippen molar-refractivity contribution in [1.29, 1.82) is 0 Å². The molecule has 5 nitrogen and oxygen atoms in total. The van der Waals surface area contributed by atoms with Gasteiger partial charge in [-0.3, -0.25) is 10.1 Å². The van der Waals surface area contributed by atoms with Crippen LogP contribution < -0.4 is 4.74 Å². The van der Waals surface area contributed by atoms with Crippen LogP contribution in [0.25, 0.3) is 0 Å². The molecule has 0 aliphatic heterocycles. The third-order valence-corrected chi connectivity index (χ3v) is 4.11. The quantitative estimate of drug-likeness (QED) is 0.641. The van der Waals surface area contributed by atoms with Gasteiger partial charge in [-0.1, -0.05) is 18.9 Å². The fraction of sp³-hybridized carbons (Fsp3) is 0.600. The Morgan fingerprint density at radius 1 is 1.45 bits per heavy atom. The molecule has 1 aliphatic rings. The van der Waals surface area contributed by atoms with Gasteiger partial charge in [-0.25, -0.2) is 0 Å². The van der Waals surface area contributed by atoms with Crippen LogP contribution in [-0.4, -0.2) is 23.2 Å². The molecule has 0 bridgehead atoms. The molecule has 110 valence electrons. The van der Waals surface area contributed by atoms with Crippen molar-refractivity contribution in [2.45, 2.75) is 44.6 Å². The predicted molar refractivity (Wildman–Crippen MR) is 75.9 cm³/mol. The molecule has 0 aromatic heterocycles. The summed E-state index contributed by atoms with van der Waals surface area (Å²) in [6.45, 7) is 0. The van der Waals surface area contributed by atoms with Crippen LogP contribution >= 0.6 is 0 Å². The number of benzene rings is 1. The highest BCUT2D eigenvalue weighted by atomic mass is 16.6. The average molecular weight is 279 g/mol. The van der Waals surface area contributed by atoms with E-state index in [0.29, 0.717) is 18.8 Å². The second-order valence-electron chi connectivity index (χ2n) is 5.41. The van der Waals surface area contributed by atoms with Gasteiger partial charge in [0.05, 0.1) is 18.1 Å². The number of aryl methyl sites for hydroxylation is 1. The molecule has 2 rings (SSSR count). The lowest BCUT2D eigenvalue weighted by atomic mass is 9.95. The van der Waals surface area contributed by atoms with Crippen molar-refractivity contribution in [2.24, 2.45) is 5.92 Å². The number of nitrogens with zero attached hydrogens (tertiary/aromatic N) is 1. The van der Waals surface area contributed by atoms with E-state index in [2.05, 4.69) is 0 Å². The number of hydrogen-bond donors (Lipinski definition) is 1. The Kier molecular flexibility index (Phi) is 4.95. The molecule has 5 heteroatoms. The lowest BCUT2D eigenvalue weighted by molar-refractivity contribution is -0.385. The van der Waals surface area contributed by atoms with Gasteiger partial charge in [-0.2, -0.15) is 0 Å². The zero-order valence-corrected chi connectivity index (χ0v) is 11.7. The fourth-order valence-corrected chi connectivity index (χ4v) is 2.93. The molecule has 0 saturated heterocycles. The molecule has 0 spiro atoms. The summed E-state index contributed by atoms with van der Waals surface area (Å²) in [7, 11) is 1.42. The monoisotopic (exact) mass is 279 g/mol. The first-order valence-corrected chi connectivity index (χ1v) is 7.11. The number of ether oxygens (including phenoxy) is 1. The Morgan fingerprint density at radius 3 is 2.75 bits per heavy atom. The van der Waals surface area contributed by atoms with Gasteiger partial charge in [-0.15, -0.1) is 0 Å². The van der Waals surface area contributed by atoms with Crippen LogP contribution in [0, 0.1) is 16.0 Å². The largest absolute Gasteiger partial charge is 0.490 e. The normalized spacial score (nSPS) is 17.1. The molecule has 20 heavy (non-hydrogen) atoms. The first-order valence-electron chi connectivity index (χ1n) is 7.11. The van der Waals surface area contributed by atoms with E-state index in [1.165, 1.54) is 20.0 Å². The first-order chi connectivity index (χ1) is 9.61. The second-order valence-corrected chi connectivity index (χ2v) is 5.41. The molecular weight excluding hydrogens is 258 g/mol. The molecular formula is C15H21NO4. The van der Waals surface area contributed by atoms with Crippen LogP contribution in [0.1, 0.15) is 37.7 Å². The smallest absolute Gasteiger partial charge is 0.311 e. The van der Waals surface area contributed by atoms with Gasteiger partial charge < -0.3 is 9.84 Å². The molecule has 1 aromatic rings. The minimum atomic E-state index is -0.435. The van der Waals surface area contributed by atoms with Crippen LogP contribution in [0.5, 0.6) is 5.75 Å². The molecule has 0 amide bonds. The van der Waals surface area contributed by atoms with Gasteiger partial charge in [0.15, 0.2) is 5.75 Å². The summed E-state index contributed by atoms with van der Waals surface area (Å²) in [5.74, 6) is 0.679. The Hall–Kier alpha value is -1.62. The van der Waals surface area contributed by atoms with Crippen LogP contribution in [0.2, 0.25) is 0 Å². The standard InChI is InChI=1S/C15H21NO4/c1-20-15-9-7-11(10-13(15)16(18)19)6-8-14(17)12-4-2-3-5-12/h7,9-10,12,14,17H,2-6,8H2,1H3. The maximum absolute atomic E-state index is 11.0. The van der Waals surface area contributed by atoms with Crippen molar-refractivity contribution in [3.8, 4) is 5.75 Å². The summed E-state index contributed by atoms with van der Waals surface area (Å²) in [6, 6.07) is 4.99. The zero-order valence-electron chi connectivity index (χ0n) is 11.7. The first kappa shape index (κ1) is 14.8. The van der Waals surface area contributed by atoms with Gasteiger partial charge in [0.2, 0.25) is 0 Å². The van der Waals surface area contributed by atoms with Crippen LogP contribution in [0.3, 0.4) is 0 Å². The van der Waals surface area contributed by atoms with E-state index in [1.54, 1.807) is 12.1 Å². The van der Waals surface area contributed by atoms with E-state index in [0.717, 1.165) is 18.4 Å². The van der Waals surface area contributed by atoms with Crippen molar-refractivity contribution in [3.63, 3.8) is 0 Å². The van der Waals surface area contributed by atoms with E-state index in [1.807, 2.05) is 6.07 Å². The van der Waals surface area contributed by atoms with E-state index in [-0.39, 0.29) is 17.5 Å². The van der Waals surface area contributed by atoms with Gasteiger partial charge in [0.25, 0.3) is 0 Å². The minimum absolute atomic E-state index is 0.0136. The van der Waals surface area contributed by atoms with Crippen molar-refractivity contribution >= 4 is 5.69 Å². The number of nitro groups is 1. The molecule has 1 unspecified atom stereocenters. The van der Waals surface area contributed by atoms with Crippen molar-refractivity contribution in [2.75, 3.05) is 7.11 Å². The molecule has 1 N–H and O–H groups in total. The molecule has 1 saturated carbocycles. The number of aliphatic hydroxyl groups excluding tert-OH is 1. The molecule has 1 aliphatic carbocycles. The maximum atomic E-state index is 11.0. The van der Waals surface area contributed by atoms with Gasteiger partial charge in [0.1, 0.15) is 0 Å². The number of nitro benzene ring substituents is 1. The Morgan fingerprint density at radius 2 is 2.15 bits per heavy atom. The summed E-state index contributed by atoms with van der Waals surface area (Å²) >= 11 is 0. The van der Waals surface area contributed by atoms with Crippen molar-refractivity contribution in [3.05, 3.63) is 33.9 Å². The van der Waals surface area contributed by atoms with Crippen LogP contribution in [0.15, 0.2) is 18.2 Å². The summed E-state index contributed by atoms with van der Waals surface area (Å²) in [5.41, 5.74) is 0.856. The second kappa shape index (κ2) is 6.70. The number of methoxy groups -OCH3 is 1. The molecule has 1 atom stereocenters. The number of aliphatic hydroxyl groups is 1. The Balaban J connectivity index is 1.98. The van der Waals surface area contributed by atoms with Crippen LogP contribution in [-0.2, 0) is 6.42 Å². The Bertz CT molecular complexity index is 469. The van der Waals surface area contributed by atoms with Gasteiger partial charge >= 0.3 is 5.69 Å². The van der Waals surface area contributed by atoms with Gasteiger partial charge in [0, 0.05) is 6.07 Å². The van der Waals surface area contributed by atoms with E-state index in [9.17, 15) is 15.2 Å². The predicted octanol–water partition coefficient (Wildman–Crippen LogP) is 3.09. The third-order valence-electron chi connectivity index (χ3n) is 4.11. The Labute approximate surface area is 118 Å². The topological polar surface area (TPSA) is 72.6 Å². The van der Waals surface area contributed by atoms with E-state index < -0.39 is 4.92 Å². The molecule has 0 radical (unpaired) electrons. The summed E-state index contributed by atoms with van der Waals surface area (Å²) in [4.78, 5) is 10.5. The molecule has 1 fully saturated rings. The third kappa shape index (κ3) is 3.48. The number of rotatable bonds is 6. The summed E-state index contributed by atoms with van der Waals surface area (Å²) < 4.78 is 4.98. The lowest BCUT2D eigenvalue weighted by Crippen LogP contribution is -2.18. The van der Waals surface area contributed by atoms with E-state index >= 15 is 0 Å². The molecule has 1 aromatic carbocycles. The van der Waals surface area contributed by atoms with Crippen LogP contribution in [0.4, 0.5) is 5.69 Å². The highest BCUT2D eigenvalue weighted by Gasteiger charge is 2.23. The SMILES string of the molecule is COc1ccc(CCC(O)C2CCCC2)cc1[N+](=O)[O-]. The minimum Gasteiger partial charge on any atom is -0.490 e. The highest BCUT2D eigenvalue weighted by Crippen LogP contribution is 2.31.